The molecule has 1 atom stereocenters. The molecule has 1 aromatic rings. The van der Waals surface area contributed by atoms with Crippen LogP contribution in [0.3, 0.4) is 0 Å². The molecule has 1 aromatic carbocycles. The molecule has 1 N–H and O–H groups in total. The van der Waals surface area contributed by atoms with Crippen LogP contribution in [-0.4, -0.2) is 5.11 Å². The standard InChI is InChI=1S/C11H13FO/c1-11(13)6-2-3-8-4-5-9(12)7-10(8)11/h4-5,7,13H,2-3,6H2,1H3. The average molecular weight is 180 g/mol. The van der Waals surface area contributed by atoms with E-state index in [1.165, 1.54) is 12.1 Å². The SMILES string of the molecule is CC1(O)CCCc2ccc(F)cc21. The van der Waals surface area contributed by atoms with Gasteiger partial charge in [-0.1, -0.05) is 6.07 Å². The maximum Gasteiger partial charge on any atom is 0.123 e. The first-order chi connectivity index (χ1) is 6.09. The number of aryl methyl sites for hydroxylation is 1. The predicted molar refractivity (Wildman–Crippen MR) is 48.9 cm³/mol. The lowest BCUT2D eigenvalue weighted by Crippen LogP contribution is -2.26. The molecule has 0 radical (unpaired) electrons. The molecule has 0 bridgehead atoms. The molecule has 0 saturated carbocycles. The molecule has 1 nitrogen and oxygen atoms in total. The van der Waals surface area contributed by atoms with Crippen molar-refractivity contribution in [3.63, 3.8) is 0 Å². The van der Waals surface area contributed by atoms with E-state index in [0.29, 0.717) is 0 Å². The Balaban J connectivity index is 2.55. The largest absolute Gasteiger partial charge is 0.385 e. The van der Waals surface area contributed by atoms with Crippen molar-refractivity contribution in [2.45, 2.75) is 31.8 Å². The molecule has 0 aromatic heterocycles. The van der Waals surface area contributed by atoms with E-state index in [1.54, 1.807) is 13.0 Å². The van der Waals surface area contributed by atoms with Crippen molar-refractivity contribution in [3.8, 4) is 0 Å². The number of hydrogen-bond acceptors (Lipinski definition) is 1. The zero-order valence-electron chi connectivity index (χ0n) is 7.68. The summed E-state index contributed by atoms with van der Waals surface area (Å²) in [7, 11) is 0. The first kappa shape index (κ1) is 8.70. The molecule has 2 heteroatoms. The van der Waals surface area contributed by atoms with Gasteiger partial charge in [-0.15, -0.1) is 0 Å². The summed E-state index contributed by atoms with van der Waals surface area (Å²) >= 11 is 0. The Morgan fingerprint density at radius 3 is 3.00 bits per heavy atom. The first-order valence-corrected chi connectivity index (χ1v) is 4.61. The van der Waals surface area contributed by atoms with Crippen LogP contribution in [0.4, 0.5) is 4.39 Å². The molecule has 1 unspecified atom stereocenters. The minimum Gasteiger partial charge on any atom is -0.385 e. The number of benzene rings is 1. The quantitative estimate of drug-likeness (QED) is 0.649. The summed E-state index contributed by atoms with van der Waals surface area (Å²) in [5, 5.41) is 9.98. The number of fused-ring (bicyclic) bond motifs is 1. The summed E-state index contributed by atoms with van der Waals surface area (Å²) in [6.45, 7) is 1.75. The van der Waals surface area contributed by atoms with E-state index in [0.717, 1.165) is 30.4 Å². The van der Waals surface area contributed by atoms with Crippen LogP contribution < -0.4 is 0 Å². The van der Waals surface area contributed by atoms with Gasteiger partial charge in [-0.25, -0.2) is 4.39 Å². The van der Waals surface area contributed by atoms with Gasteiger partial charge in [0.1, 0.15) is 5.82 Å². The highest BCUT2D eigenvalue weighted by molar-refractivity contribution is 5.34. The van der Waals surface area contributed by atoms with E-state index < -0.39 is 5.60 Å². The lowest BCUT2D eigenvalue weighted by atomic mass is 9.80. The van der Waals surface area contributed by atoms with Crippen LogP contribution in [0.15, 0.2) is 18.2 Å². The maximum absolute atomic E-state index is 12.9. The van der Waals surface area contributed by atoms with Crippen molar-refractivity contribution in [2.24, 2.45) is 0 Å². The van der Waals surface area contributed by atoms with E-state index in [2.05, 4.69) is 0 Å². The van der Waals surface area contributed by atoms with Gasteiger partial charge in [0.2, 0.25) is 0 Å². The highest BCUT2D eigenvalue weighted by Crippen LogP contribution is 2.34. The Labute approximate surface area is 77.2 Å². The van der Waals surface area contributed by atoms with Gasteiger partial charge in [-0.3, -0.25) is 0 Å². The van der Waals surface area contributed by atoms with Gasteiger partial charge in [0.05, 0.1) is 5.60 Å². The molecule has 1 aliphatic carbocycles. The number of hydrogen-bond donors (Lipinski definition) is 1. The third-order valence-corrected chi connectivity index (χ3v) is 2.76. The van der Waals surface area contributed by atoms with Crippen molar-refractivity contribution in [2.75, 3.05) is 0 Å². The van der Waals surface area contributed by atoms with Crippen LogP contribution in [0.2, 0.25) is 0 Å². The summed E-state index contributed by atoms with van der Waals surface area (Å²) in [4.78, 5) is 0. The van der Waals surface area contributed by atoms with Crippen LogP contribution in [-0.2, 0) is 12.0 Å². The second kappa shape index (κ2) is 2.81. The molecule has 0 saturated heterocycles. The predicted octanol–water partition coefficient (Wildman–Crippen LogP) is 2.37. The molecule has 0 fully saturated rings. The topological polar surface area (TPSA) is 20.2 Å². The van der Waals surface area contributed by atoms with Gasteiger partial charge in [0.25, 0.3) is 0 Å². The minimum absolute atomic E-state index is 0.263. The lowest BCUT2D eigenvalue weighted by molar-refractivity contribution is 0.0383. The zero-order valence-corrected chi connectivity index (χ0v) is 7.68. The fraction of sp³-hybridized carbons (Fsp3) is 0.455. The van der Waals surface area contributed by atoms with Crippen LogP contribution in [0.25, 0.3) is 0 Å². The second-order valence-corrected chi connectivity index (χ2v) is 3.93. The molecular weight excluding hydrogens is 167 g/mol. The summed E-state index contributed by atoms with van der Waals surface area (Å²) in [5.41, 5.74) is 1.01. The number of halogens is 1. The number of aliphatic hydroxyl groups is 1. The Hall–Kier alpha value is -0.890. The molecule has 13 heavy (non-hydrogen) atoms. The fourth-order valence-corrected chi connectivity index (χ4v) is 2.03. The van der Waals surface area contributed by atoms with E-state index in [9.17, 15) is 9.50 Å². The summed E-state index contributed by atoms with van der Waals surface area (Å²) in [6.07, 6.45) is 2.65. The van der Waals surface area contributed by atoms with E-state index in [-0.39, 0.29) is 5.82 Å². The molecular formula is C11H13FO. The Kier molecular flexibility index (Phi) is 1.88. The Bertz CT molecular complexity index is 331. The zero-order chi connectivity index (χ0) is 9.47. The summed E-state index contributed by atoms with van der Waals surface area (Å²) in [5.74, 6) is -0.263. The van der Waals surface area contributed by atoms with Crippen LogP contribution >= 0.6 is 0 Å². The van der Waals surface area contributed by atoms with E-state index in [4.69, 9.17) is 0 Å². The van der Waals surface area contributed by atoms with E-state index in [1.807, 2.05) is 0 Å². The lowest BCUT2D eigenvalue weighted by Gasteiger charge is -2.30. The third-order valence-electron chi connectivity index (χ3n) is 2.76. The number of rotatable bonds is 0. The highest BCUT2D eigenvalue weighted by Gasteiger charge is 2.29. The highest BCUT2D eigenvalue weighted by atomic mass is 19.1. The molecule has 0 heterocycles. The van der Waals surface area contributed by atoms with E-state index >= 15 is 0 Å². The molecule has 2 rings (SSSR count). The first-order valence-electron chi connectivity index (χ1n) is 4.61. The van der Waals surface area contributed by atoms with Crippen molar-refractivity contribution in [3.05, 3.63) is 35.1 Å². The molecule has 0 aliphatic heterocycles. The molecule has 70 valence electrons. The average Bonchev–Trinajstić information content (AvgIpc) is 2.06. The summed E-state index contributed by atoms with van der Waals surface area (Å²) < 4.78 is 12.9. The van der Waals surface area contributed by atoms with Crippen molar-refractivity contribution in [1.29, 1.82) is 0 Å². The van der Waals surface area contributed by atoms with Gasteiger partial charge < -0.3 is 5.11 Å². The third kappa shape index (κ3) is 1.46. The smallest absolute Gasteiger partial charge is 0.123 e. The Morgan fingerprint density at radius 1 is 1.46 bits per heavy atom. The fourth-order valence-electron chi connectivity index (χ4n) is 2.03. The second-order valence-electron chi connectivity index (χ2n) is 3.93. The van der Waals surface area contributed by atoms with Crippen molar-refractivity contribution >= 4 is 0 Å². The van der Waals surface area contributed by atoms with Crippen LogP contribution in [0.5, 0.6) is 0 Å². The van der Waals surface area contributed by atoms with Crippen LogP contribution in [0, 0.1) is 5.82 Å². The monoisotopic (exact) mass is 180 g/mol. The normalized spacial score (nSPS) is 27.0. The van der Waals surface area contributed by atoms with Crippen molar-refractivity contribution < 1.29 is 9.50 Å². The molecule has 0 spiro atoms. The van der Waals surface area contributed by atoms with Gasteiger partial charge in [0, 0.05) is 0 Å². The van der Waals surface area contributed by atoms with Gasteiger partial charge in [0.15, 0.2) is 0 Å². The molecule has 0 amide bonds. The van der Waals surface area contributed by atoms with Gasteiger partial charge >= 0.3 is 0 Å². The van der Waals surface area contributed by atoms with Crippen LogP contribution in [0.1, 0.15) is 30.9 Å². The molecule has 1 aliphatic rings. The minimum atomic E-state index is -0.838. The Morgan fingerprint density at radius 2 is 2.23 bits per heavy atom. The maximum atomic E-state index is 12.9. The van der Waals surface area contributed by atoms with Crippen molar-refractivity contribution in [1.82, 2.24) is 0 Å². The van der Waals surface area contributed by atoms with Gasteiger partial charge in [-0.05, 0) is 49.4 Å². The summed E-state index contributed by atoms with van der Waals surface area (Å²) in [6, 6.07) is 4.69. The van der Waals surface area contributed by atoms with Gasteiger partial charge in [-0.2, -0.15) is 0 Å².